The summed E-state index contributed by atoms with van der Waals surface area (Å²) >= 11 is 0. The molecule has 1 fully saturated rings. The highest BCUT2D eigenvalue weighted by Crippen LogP contribution is 2.35. The lowest BCUT2D eigenvalue weighted by Crippen LogP contribution is -2.40. The first-order valence-electron chi connectivity index (χ1n) is 3.86. The maximum absolute atomic E-state index is 12.2. The van der Waals surface area contributed by atoms with Gasteiger partial charge in [0.25, 0.3) is 6.43 Å². The predicted octanol–water partition coefficient (Wildman–Crippen LogP) is 1.33. The summed E-state index contributed by atoms with van der Waals surface area (Å²) in [5, 5.41) is 2.22. The molecule has 68 valence electrons. The molecule has 0 spiro atoms. The van der Waals surface area contributed by atoms with E-state index >= 15 is 0 Å². The van der Waals surface area contributed by atoms with Crippen LogP contribution < -0.4 is 5.32 Å². The van der Waals surface area contributed by atoms with Crippen molar-refractivity contribution >= 4 is 5.91 Å². The van der Waals surface area contributed by atoms with E-state index in [0.29, 0.717) is 0 Å². The Morgan fingerprint density at radius 2 is 2.17 bits per heavy atom. The van der Waals surface area contributed by atoms with E-state index in [0.717, 1.165) is 18.9 Å². The van der Waals surface area contributed by atoms with Crippen LogP contribution in [0.15, 0.2) is 12.7 Å². The molecule has 0 radical (unpaired) electrons. The summed E-state index contributed by atoms with van der Waals surface area (Å²) in [5.74, 6) is -0.555. The summed E-state index contributed by atoms with van der Waals surface area (Å²) in [7, 11) is 0. The average Bonchev–Trinajstić information content (AvgIpc) is 2.81. The van der Waals surface area contributed by atoms with Crippen molar-refractivity contribution in [1.29, 1.82) is 0 Å². The predicted molar refractivity (Wildman–Crippen MR) is 40.9 cm³/mol. The molecule has 0 heterocycles. The lowest BCUT2D eigenvalue weighted by molar-refractivity contribution is -0.118. The SMILES string of the molecule is C=CC(=O)N[C@@H](C(F)F)C1CC1. The highest BCUT2D eigenvalue weighted by molar-refractivity contribution is 5.87. The van der Waals surface area contributed by atoms with Crippen LogP contribution in [0.5, 0.6) is 0 Å². The molecule has 1 amide bonds. The Balaban J connectivity index is 2.42. The van der Waals surface area contributed by atoms with Crippen molar-refractivity contribution in [3.8, 4) is 0 Å². The van der Waals surface area contributed by atoms with Crippen LogP contribution in [-0.4, -0.2) is 18.4 Å². The van der Waals surface area contributed by atoms with Gasteiger partial charge in [-0.3, -0.25) is 4.79 Å². The summed E-state index contributed by atoms with van der Waals surface area (Å²) in [4.78, 5) is 10.7. The zero-order valence-corrected chi connectivity index (χ0v) is 6.59. The monoisotopic (exact) mass is 175 g/mol. The van der Waals surface area contributed by atoms with Crippen LogP contribution in [-0.2, 0) is 4.79 Å². The van der Waals surface area contributed by atoms with Gasteiger partial charge in [-0.1, -0.05) is 6.58 Å². The van der Waals surface area contributed by atoms with Crippen LogP contribution >= 0.6 is 0 Å². The van der Waals surface area contributed by atoms with Crippen LogP contribution in [0.3, 0.4) is 0 Å². The molecule has 1 atom stereocenters. The minimum atomic E-state index is -2.47. The van der Waals surface area contributed by atoms with Crippen molar-refractivity contribution in [3.05, 3.63) is 12.7 Å². The van der Waals surface area contributed by atoms with E-state index < -0.39 is 18.4 Å². The van der Waals surface area contributed by atoms with Crippen LogP contribution in [0, 0.1) is 5.92 Å². The first-order chi connectivity index (χ1) is 5.65. The Kier molecular flexibility index (Phi) is 2.78. The number of amides is 1. The molecule has 0 unspecified atom stereocenters. The number of carbonyl (C=O) groups excluding carboxylic acids is 1. The van der Waals surface area contributed by atoms with Crippen LogP contribution in [0.4, 0.5) is 8.78 Å². The van der Waals surface area contributed by atoms with E-state index in [1.54, 1.807) is 0 Å². The second kappa shape index (κ2) is 3.65. The van der Waals surface area contributed by atoms with Crippen molar-refractivity contribution in [2.75, 3.05) is 0 Å². The van der Waals surface area contributed by atoms with Crippen molar-refractivity contribution in [3.63, 3.8) is 0 Å². The Labute approximate surface area is 69.6 Å². The number of rotatable bonds is 4. The van der Waals surface area contributed by atoms with Gasteiger partial charge in [0.05, 0.1) is 6.04 Å². The van der Waals surface area contributed by atoms with Gasteiger partial charge in [-0.05, 0) is 24.8 Å². The van der Waals surface area contributed by atoms with Gasteiger partial charge in [-0.25, -0.2) is 8.78 Å². The van der Waals surface area contributed by atoms with Gasteiger partial charge in [0.1, 0.15) is 0 Å². The van der Waals surface area contributed by atoms with E-state index in [1.807, 2.05) is 0 Å². The fourth-order valence-electron chi connectivity index (χ4n) is 1.07. The molecule has 1 rings (SSSR count). The Bertz CT molecular complexity index is 187. The number of hydrogen-bond donors (Lipinski definition) is 1. The van der Waals surface area contributed by atoms with Gasteiger partial charge in [0.15, 0.2) is 0 Å². The molecular formula is C8H11F2NO. The van der Waals surface area contributed by atoms with Crippen molar-refractivity contribution in [2.45, 2.75) is 25.3 Å². The van der Waals surface area contributed by atoms with E-state index in [2.05, 4.69) is 11.9 Å². The molecule has 1 N–H and O–H groups in total. The normalized spacial score (nSPS) is 18.9. The highest BCUT2D eigenvalue weighted by Gasteiger charge is 2.37. The fourth-order valence-corrected chi connectivity index (χ4v) is 1.07. The number of carbonyl (C=O) groups is 1. The molecule has 2 nitrogen and oxygen atoms in total. The Morgan fingerprint density at radius 1 is 1.58 bits per heavy atom. The maximum atomic E-state index is 12.2. The maximum Gasteiger partial charge on any atom is 0.258 e. The molecule has 4 heteroatoms. The molecule has 12 heavy (non-hydrogen) atoms. The number of alkyl halides is 2. The average molecular weight is 175 g/mol. The molecule has 1 saturated carbocycles. The van der Waals surface area contributed by atoms with Crippen LogP contribution in [0.25, 0.3) is 0 Å². The minimum Gasteiger partial charge on any atom is -0.344 e. The molecule has 1 aliphatic carbocycles. The van der Waals surface area contributed by atoms with Gasteiger partial charge in [-0.15, -0.1) is 0 Å². The summed E-state index contributed by atoms with van der Waals surface area (Å²) in [6.45, 7) is 3.20. The molecule has 0 aromatic heterocycles. The van der Waals surface area contributed by atoms with E-state index in [1.165, 1.54) is 0 Å². The number of halogens is 2. The molecule has 0 aromatic carbocycles. The Hall–Kier alpha value is -0.930. The molecule has 1 aliphatic rings. The van der Waals surface area contributed by atoms with E-state index in [-0.39, 0.29) is 5.92 Å². The molecular weight excluding hydrogens is 164 g/mol. The second-order valence-electron chi connectivity index (χ2n) is 2.91. The van der Waals surface area contributed by atoms with Crippen molar-refractivity contribution in [1.82, 2.24) is 5.32 Å². The second-order valence-corrected chi connectivity index (χ2v) is 2.91. The summed E-state index contributed by atoms with van der Waals surface area (Å²) in [5.41, 5.74) is 0. The third kappa shape index (κ3) is 2.29. The van der Waals surface area contributed by atoms with E-state index in [9.17, 15) is 13.6 Å². The highest BCUT2D eigenvalue weighted by atomic mass is 19.3. The first-order valence-corrected chi connectivity index (χ1v) is 3.86. The first kappa shape index (κ1) is 9.16. The minimum absolute atomic E-state index is 0.0334. The number of hydrogen-bond acceptors (Lipinski definition) is 1. The smallest absolute Gasteiger partial charge is 0.258 e. The number of nitrogens with one attached hydrogen (secondary N) is 1. The van der Waals surface area contributed by atoms with Crippen LogP contribution in [0.2, 0.25) is 0 Å². The topological polar surface area (TPSA) is 29.1 Å². The zero-order chi connectivity index (χ0) is 9.14. The lowest BCUT2D eigenvalue weighted by atomic mass is 10.2. The third-order valence-electron chi connectivity index (χ3n) is 1.90. The molecule has 0 bridgehead atoms. The van der Waals surface area contributed by atoms with Gasteiger partial charge in [0, 0.05) is 0 Å². The Morgan fingerprint density at radius 3 is 2.50 bits per heavy atom. The summed E-state index contributed by atoms with van der Waals surface area (Å²) in [6, 6.07) is -0.976. The standard InChI is InChI=1S/C8H11F2NO/c1-2-6(12)11-7(8(9)10)5-3-4-5/h2,5,7-8H,1,3-4H2,(H,11,12)/t7-/m1/s1. The molecule has 0 aromatic rings. The van der Waals surface area contributed by atoms with Crippen molar-refractivity contribution < 1.29 is 13.6 Å². The molecule has 0 saturated heterocycles. The zero-order valence-electron chi connectivity index (χ0n) is 6.59. The summed E-state index contributed by atoms with van der Waals surface area (Å²) < 4.78 is 24.5. The summed E-state index contributed by atoms with van der Waals surface area (Å²) in [6.07, 6.45) is 0.109. The fraction of sp³-hybridized carbons (Fsp3) is 0.625. The van der Waals surface area contributed by atoms with E-state index in [4.69, 9.17) is 0 Å². The van der Waals surface area contributed by atoms with Gasteiger partial charge in [0.2, 0.25) is 5.91 Å². The van der Waals surface area contributed by atoms with Gasteiger partial charge < -0.3 is 5.32 Å². The molecule has 0 aliphatic heterocycles. The quantitative estimate of drug-likeness (QED) is 0.642. The largest absolute Gasteiger partial charge is 0.344 e. The van der Waals surface area contributed by atoms with Crippen LogP contribution in [0.1, 0.15) is 12.8 Å². The lowest BCUT2D eigenvalue weighted by Gasteiger charge is -2.15. The third-order valence-corrected chi connectivity index (χ3v) is 1.90. The van der Waals surface area contributed by atoms with Gasteiger partial charge >= 0.3 is 0 Å². The van der Waals surface area contributed by atoms with Crippen molar-refractivity contribution in [2.24, 2.45) is 5.92 Å². The van der Waals surface area contributed by atoms with Gasteiger partial charge in [-0.2, -0.15) is 0 Å².